The highest BCUT2D eigenvalue weighted by atomic mass is 35.5. The van der Waals surface area contributed by atoms with E-state index in [0.717, 1.165) is 5.56 Å². The van der Waals surface area contributed by atoms with E-state index in [9.17, 15) is 4.79 Å². The summed E-state index contributed by atoms with van der Waals surface area (Å²) in [6, 6.07) is 8.64. The summed E-state index contributed by atoms with van der Waals surface area (Å²) >= 11 is 5.73. The van der Waals surface area contributed by atoms with Crippen LogP contribution in [0.5, 0.6) is 11.5 Å². The largest absolute Gasteiger partial charge is 0.493 e. The molecule has 6 heteroatoms. The summed E-state index contributed by atoms with van der Waals surface area (Å²) in [5.41, 5.74) is 1.37. The van der Waals surface area contributed by atoms with Crippen LogP contribution in [0.4, 0.5) is 0 Å². The summed E-state index contributed by atoms with van der Waals surface area (Å²) in [6.45, 7) is 5.81. The van der Waals surface area contributed by atoms with Crippen LogP contribution >= 0.6 is 11.6 Å². The average molecular weight is 349 g/mol. The summed E-state index contributed by atoms with van der Waals surface area (Å²) in [6.07, 6.45) is 1.50. The lowest BCUT2D eigenvalue weighted by Crippen LogP contribution is -2.26. The number of hydrogen-bond acceptors (Lipinski definition) is 4. The number of benzene rings is 1. The molecule has 0 bridgehead atoms. The van der Waals surface area contributed by atoms with Gasteiger partial charge < -0.3 is 14.8 Å². The van der Waals surface area contributed by atoms with Crippen molar-refractivity contribution in [3.63, 3.8) is 0 Å². The van der Waals surface area contributed by atoms with Gasteiger partial charge in [-0.15, -0.1) is 0 Å². The Balaban J connectivity index is 2.12. The highest BCUT2D eigenvalue weighted by Gasteiger charge is 2.15. The second kappa shape index (κ2) is 8.02. The van der Waals surface area contributed by atoms with Crippen LogP contribution in [-0.2, 0) is 0 Å². The third-order valence-electron chi connectivity index (χ3n) is 3.39. The first kappa shape index (κ1) is 18.1. The molecule has 1 N–H and O–H groups in total. The molecule has 1 atom stereocenters. The minimum Gasteiger partial charge on any atom is -0.493 e. The fraction of sp³-hybridized carbons (Fsp3) is 0.333. The van der Waals surface area contributed by atoms with E-state index in [0.29, 0.717) is 22.2 Å². The molecule has 0 saturated heterocycles. The number of aromatic nitrogens is 1. The zero-order valence-electron chi connectivity index (χ0n) is 14.2. The summed E-state index contributed by atoms with van der Waals surface area (Å²) in [5, 5.41) is 3.28. The standard InChI is InChI=1S/C18H21ClN2O3/c1-11(2)24-15-7-5-13(9-16(15)23-4)12(3)21-18(22)14-6-8-17(19)20-10-14/h5-12H,1-4H3,(H,21,22). The molecule has 1 aromatic carbocycles. The van der Waals surface area contributed by atoms with Crippen LogP contribution in [0.2, 0.25) is 5.15 Å². The molecule has 1 unspecified atom stereocenters. The van der Waals surface area contributed by atoms with Crippen LogP contribution < -0.4 is 14.8 Å². The Kier molecular flexibility index (Phi) is 6.04. The normalized spacial score (nSPS) is 11.9. The van der Waals surface area contributed by atoms with Gasteiger partial charge in [-0.25, -0.2) is 4.98 Å². The number of methoxy groups -OCH3 is 1. The van der Waals surface area contributed by atoms with Crippen molar-refractivity contribution in [1.82, 2.24) is 10.3 Å². The number of halogens is 1. The topological polar surface area (TPSA) is 60.5 Å². The molecule has 0 fully saturated rings. The number of nitrogens with zero attached hydrogens (tertiary/aromatic N) is 1. The molecule has 0 spiro atoms. The maximum Gasteiger partial charge on any atom is 0.253 e. The van der Waals surface area contributed by atoms with E-state index >= 15 is 0 Å². The van der Waals surface area contributed by atoms with E-state index in [4.69, 9.17) is 21.1 Å². The third-order valence-corrected chi connectivity index (χ3v) is 3.61. The number of carbonyl (C=O) groups excluding carboxylic acids is 1. The molecule has 0 radical (unpaired) electrons. The van der Waals surface area contributed by atoms with Gasteiger partial charge in [0, 0.05) is 6.20 Å². The van der Waals surface area contributed by atoms with Gasteiger partial charge in [-0.2, -0.15) is 0 Å². The number of hydrogen-bond donors (Lipinski definition) is 1. The molecule has 128 valence electrons. The summed E-state index contributed by atoms with van der Waals surface area (Å²) in [7, 11) is 1.59. The molecule has 0 aliphatic carbocycles. The monoisotopic (exact) mass is 348 g/mol. The van der Waals surface area contributed by atoms with E-state index in [1.165, 1.54) is 6.20 Å². The number of carbonyl (C=O) groups is 1. The van der Waals surface area contributed by atoms with Gasteiger partial charge in [0.1, 0.15) is 5.15 Å². The zero-order chi connectivity index (χ0) is 17.7. The lowest BCUT2D eigenvalue weighted by Gasteiger charge is -2.18. The van der Waals surface area contributed by atoms with Crippen molar-refractivity contribution in [3.05, 3.63) is 52.8 Å². The van der Waals surface area contributed by atoms with Crippen molar-refractivity contribution in [2.24, 2.45) is 0 Å². The molecule has 24 heavy (non-hydrogen) atoms. The Morgan fingerprint density at radius 2 is 1.92 bits per heavy atom. The second-order valence-corrected chi connectivity index (χ2v) is 6.03. The molecular formula is C18H21ClN2O3. The molecule has 5 nitrogen and oxygen atoms in total. The van der Waals surface area contributed by atoms with Crippen molar-refractivity contribution in [2.75, 3.05) is 7.11 Å². The molecule has 1 aromatic heterocycles. The number of ether oxygens (including phenoxy) is 2. The van der Waals surface area contributed by atoms with Gasteiger partial charge in [-0.05, 0) is 50.6 Å². The van der Waals surface area contributed by atoms with Crippen LogP contribution in [0.15, 0.2) is 36.5 Å². The fourth-order valence-corrected chi connectivity index (χ4v) is 2.29. The van der Waals surface area contributed by atoms with Gasteiger partial charge in [0.2, 0.25) is 0 Å². The Morgan fingerprint density at radius 3 is 2.50 bits per heavy atom. The van der Waals surface area contributed by atoms with Gasteiger partial charge in [0.15, 0.2) is 11.5 Å². The zero-order valence-corrected chi connectivity index (χ0v) is 14.9. The first-order valence-corrected chi connectivity index (χ1v) is 8.05. The molecule has 0 aliphatic heterocycles. The van der Waals surface area contributed by atoms with Gasteiger partial charge >= 0.3 is 0 Å². The van der Waals surface area contributed by atoms with Gasteiger partial charge in [-0.1, -0.05) is 17.7 Å². The van der Waals surface area contributed by atoms with Crippen LogP contribution in [0.25, 0.3) is 0 Å². The van der Waals surface area contributed by atoms with E-state index < -0.39 is 0 Å². The number of amides is 1. The first-order chi connectivity index (χ1) is 11.4. The molecule has 0 aliphatic rings. The van der Waals surface area contributed by atoms with Gasteiger partial charge in [0.05, 0.1) is 24.8 Å². The molecule has 1 amide bonds. The van der Waals surface area contributed by atoms with Gasteiger partial charge in [-0.3, -0.25) is 4.79 Å². The molecular weight excluding hydrogens is 328 g/mol. The highest BCUT2D eigenvalue weighted by Crippen LogP contribution is 2.31. The summed E-state index contributed by atoms with van der Waals surface area (Å²) in [4.78, 5) is 16.2. The average Bonchev–Trinajstić information content (AvgIpc) is 2.55. The van der Waals surface area contributed by atoms with Crippen molar-refractivity contribution in [1.29, 1.82) is 0 Å². The first-order valence-electron chi connectivity index (χ1n) is 7.67. The SMILES string of the molecule is COc1cc(C(C)NC(=O)c2ccc(Cl)nc2)ccc1OC(C)C. The Labute approximate surface area is 147 Å². The Hall–Kier alpha value is -2.27. The predicted octanol–water partition coefficient (Wildman–Crippen LogP) is 4.02. The van der Waals surface area contributed by atoms with E-state index in [1.807, 2.05) is 39.0 Å². The van der Waals surface area contributed by atoms with E-state index in [-0.39, 0.29) is 18.1 Å². The quantitative estimate of drug-likeness (QED) is 0.801. The minimum absolute atomic E-state index is 0.0549. The van der Waals surface area contributed by atoms with Crippen molar-refractivity contribution in [3.8, 4) is 11.5 Å². The lowest BCUT2D eigenvalue weighted by atomic mass is 10.1. The molecule has 2 aromatic rings. The molecule has 1 heterocycles. The number of pyridine rings is 1. The minimum atomic E-state index is -0.215. The van der Waals surface area contributed by atoms with Crippen LogP contribution in [0.3, 0.4) is 0 Å². The summed E-state index contributed by atoms with van der Waals surface area (Å²) in [5.74, 6) is 1.10. The van der Waals surface area contributed by atoms with Crippen molar-refractivity contribution < 1.29 is 14.3 Å². The summed E-state index contributed by atoms with van der Waals surface area (Å²) < 4.78 is 11.1. The smallest absolute Gasteiger partial charge is 0.253 e. The van der Waals surface area contributed by atoms with Gasteiger partial charge in [0.25, 0.3) is 5.91 Å². The second-order valence-electron chi connectivity index (χ2n) is 5.64. The Morgan fingerprint density at radius 1 is 1.17 bits per heavy atom. The third kappa shape index (κ3) is 4.61. The van der Waals surface area contributed by atoms with E-state index in [2.05, 4.69) is 10.3 Å². The van der Waals surface area contributed by atoms with Crippen LogP contribution in [0.1, 0.15) is 42.7 Å². The highest BCUT2D eigenvalue weighted by molar-refractivity contribution is 6.29. The van der Waals surface area contributed by atoms with Crippen LogP contribution in [-0.4, -0.2) is 24.1 Å². The molecule has 2 rings (SSSR count). The number of rotatable bonds is 6. The molecule has 0 saturated carbocycles. The maximum absolute atomic E-state index is 12.3. The fourth-order valence-electron chi connectivity index (χ4n) is 2.18. The predicted molar refractivity (Wildman–Crippen MR) is 93.9 cm³/mol. The van der Waals surface area contributed by atoms with Crippen molar-refractivity contribution >= 4 is 17.5 Å². The lowest BCUT2D eigenvalue weighted by molar-refractivity contribution is 0.0939. The Bertz CT molecular complexity index is 702. The van der Waals surface area contributed by atoms with Crippen LogP contribution in [0, 0.1) is 0 Å². The number of nitrogens with one attached hydrogen (secondary N) is 1. The van der Waals surface area contributed by atoms with Crippen molar-refractivity contribution in [2.45, 2.75) is 32.9 Å². The maximum atomic E-state index is 12.3. The van der Waals surface area contributed by atoms with E-state index in [1.54, 1.807) is 19.2 Å².